The van der Waals surface area contributed by atoms with Crippen LogP contribution in [0.25, 0.3) is 0 Å². The summed E-state index contributed by atoms with van der Waals surface area (Å²) in [5, 5.41) is 4.73. The number of ether oxygens (including phenoxy) is 2. The molecule has 28 heavy (non-hydrogen) atoms. The molecule has 0 aliphatic rings. The molecule has 0 heterocycles. The Balaban J connectivity index is 1.85. The summed E-state index contributed by atoms with van der Waals surface area (Å²) in [6.07, 6.45) is 0.442. The fraction of sp³-hybridized carbons (Fsp3) is 0.263. The summed E-state index contributed by atoms with van der Waals surface area (Å²) in [6, 6.07) is 6.70. The van der Waals surface area contributed by atoms with E-state index in [1.54, 1.807) is 18.2 Å². The highest BCUT2D eigenvalue weighted by atomic mass is 19.2. The maximum atomic E-state index is 13.6. The second kappa shape index (κ2) is 9.63. The molecule has 2 N–H and O–H groups in total. The van der Waals surface area contributed by atoms with E-state index in [1.165, 1.54) is 14.2 Å². The maximum Gasteiger partial charge on any atom is 0.254 e. The molecule has 0 saturated carbocycles. The van der Waals surface area contributed by atoms with Crippen LogP contribution in [-0.4, -0.2) is 39.1 Å². The average Bonchev–Trinajstić information content (AvgIpc) is 2.70. The van der Waals surface area contributed by atoms with Crippen LogP contribution in [-0.2, 0) is 11.2 Å². The number of methoxy groups -OCH3 is 2. The van der Waals surface area contributed by atoms with E-state index in [2.05, 4.69) is 10.6 Å². The number of halogens is 3. The van der Waals surface area contributed by atoms with Gasteiger partial charge in [0.1, 0.15) is 11.5 Å². The third kappa shape index (κ3) is 5.15. The first-order valence-electron chi connectivity index (χ1n) is 8.26. The van der Waals surface area contributed by atoms with Crippen LogP contribution in [0.1, 0.15) is 15.9 Å². The number of rotatable bonds is 8. The van der Waals surface area contributed by atoms with Crippen LogP contribution in [0.15, 0.2) is 30.3 Å². The topological polar surface area (TPSA) is 76.7 Å². The van der Waals surface area contributed by atoms with Crippen LogP contribution in [0.5, 0.6) is 11.5 Å². The van der Waals surface area contributed by atoms with Crippen molar-refractivity contribution in [2.75, 3.05) is 27.3 Å². The highest BCUT2D eigenvalue weighted by Crippen LogP contribution is 2.24. The minimum absolute atomic E-state index is 0.248. The summed E-state index contributed by atoms with van der Waals surface area (Å²) < 4.78 is 50.0. The predicted octanol–water partition coefficient (Wildman–Crippen LogP) is 2.21. The quantitative estimate of drug-likeness (QED) is 0.671. The second-order valence-electron chi connectivity index (χ2n) is 5.68. The Morgan fingerprint density at radius 1 is 0.964 bits per heavy atom. The van der Waals surface area contributed by atoms with Crippen molar-refractivity contribution in [1.29, 1.82) is 0 Å². The van der Waals surface area contributed by atoms with Crippen LogP contribution < -0.4 is 20.1 Å². The molecule has 6 nitrogen and oxygen atoms in total. The van der Waals surface area contributed by atoms with Crippen molar-refractivity contribution in [3.63, 3.8) is 0 Å². The van der Waals surface area contributed by atoms with Gasteiger partial charge in [0.25, 0.3) is 5.91 Å². The minimum atomic E-state index is -1.75. The Kier molecular flexibility index (Phi) is 7.25. The van der Waals surface area contributed by atoms with Crippen LogP contribution >= 0.6 is 0 Å². The zero-order valence-electron chi connectivity index (χ0n) is 15.3. The molecule has 2 aromatic rings. The standard InChI is InChI=1S/C19H19F3N2O4/c1-27-12-3-6-15(28-2)11(9-12)7-8-23-16(25)10-24-19(26)13-4-5-14(20)18(22)17(13)21/h3-6,9H,7-8,10H2,1-2H3,(H,23,25)(H,24,26). The Hall–Kier alpha value is -3.23. The number of hydrogen-bond donors (Lipinski definition) is 2. The summed E-state index contributed by atoms with van der Waals surface area (Å²) in [5.74, 6) is -5.04. The number of carbonyl (C=O) groups excluding carboxylic acids is 2. The molecule has 0 atom stereocenters. The van der Waals surface area contributed by atoms with Crippen molar-refractivity contribution in [2.45, 2.75) is 6.42 Å². The van der Waals surface area contributed by atoms with Gasteiger partial charge in [0, 0.05) is 6.54 Å². The van der Waals surface area contributed by atoms with E-state index >= 15 is 0 Å². The van der Waals surface area contributed by atoms with Gasteiger partial charge >= 0.3 is 0 Å². The van der Waals surface area contributed by atoms with E-state index in [0.717, 1.165) is 11.6 Å². The van der Waals surface area contributed by atoms with Crippen molar-refractivity contribution < 1.29 is 32.2 Å². The third-order valence-electron chi connectivity index (χ3n) is 3.89. The lowest BCUT2D eigenvalue weighted by atomic mass is 10.1. The zero-order valence-corrected chi connectivity index (χ0v) is 15.3. The third-order valence-corrected chi connectivity index (χ3v) is 3.89. The zero-order chi connectivity index (χ0) is 20.7. The molecule has 2 rings (SSSR count). The number of nitrogens with one attached hydrogen (secondary N) is 2. The Morgan fingerprint density at radius 3 is 2.39 bits per heavy atom. The van der Waals surface area contributed by atoms with E-state index in [9.17, 15) is 22.8 Å². The molecular weight excluding hydrogens is 377 g/mol. The average molecular weight is 396 g/mol. The van der Waals surface area contributed by atoms with Gasteiger partial charge in [-0.05, 0) is 42.3 Å². The van der Waals surface area contributed by atoms with Gasteiger partial charge < -0.3 is 20.1 Å². The van der Waals surface area contributed by atoms with Gasteiger partial charge in [-0.2, -0.15) is 0 Å². The number of carbonyl (C=O) groups is 2. The maximum absolute atomic E-state index is 13.6. The van der Waals surface area contributed by atoms with Gasteiger partial charge in [-0.1, -0.05) is 0 Å². The van der Waals surface area contributed by atoms with Gasteiger partial charge in [0.2, 0.25) is 5.91 Å². The van der Waals surface area contributed by atoms with Gasteiger partial charge in [-0.3, -0.25) is 9.59 Å². The fourth-order valence-corrected chi connectivity index (χ4v) is 2.43. The molecule has 0 bridgehead atoms. The Bertz CT molecular complexity index is 874. The first kappa shape index (κ1) is 21.1. The summed E-state index contributed by atoms with van der Waals surface area (Å²) in [6.45, 7) is -0.204. The van der Waals surface area contributed by atoms with E-state index in [4.69, 9.17) is 9.47 Å². The van der Waals surface area contributed by atoms with Crippen molar-refractivity contribution in [1.82, 2.24) is 10.6 Å². The first-order chi connectivity index (χ1) is 13.4. The summed E-state index contributed by atoms with van der Waals surface area (Å²) in [5.41, 5.74) is 0.128. The van der Waals surface area contributed by atoms with E-state index in [-0.39, 0.29) is 6.54 Å². The van der Waals surface area contributed by atoms with Gasteiger partial charge in [-0.25, -0.2) is 13.2 Å². The van der Waals surface area contributed by atoms with E-state index < -0.39 is 41.4 Å². The first-order valence-corrected chi connectivity index (χ1v) is 8.26. The van der Waals surface area contributed by atoms with Crippen molar-refractivity contribution in [3.05, 3.63) is 58.9 Å². The summed E-state index contributed by atoms with van der Waals surface area (Å²) in [4.78, 5) is 23.7. The molecule has 150 valence electrons. The molecule has 0 fully saturated rings. The molecule has 0 saturated heterocycles. The SMILES string of the molecule is COc1ccc(OC)c(CCNC(=O)CNC(=O)c2ccc(F)c(F)c2F)c1. The number of hydrogen-bond acceptors (Lipinski definition) is 4. The molecule has 0 aromatic heterocycles. The van der Waals surface area contributed by atoms with Crippen LogP contribution in [0.3, 0.4) is 0 Å². The van der Waals surface area contributed by atoms with Crippen molar-refractivity contribution >= 4 is 11.8 Å². The van der Waals surface area contributed by atoms with Crippen LogP contribution in [0.4, 0.5) is 13.2 Å². The number of benzene rings is 2. The molecular formula is C19H19F3N2O4. The Labute approximate surface area is 159 Å². The molecule has 2 amide bonds. The highest BCUT2D eigenvalue weighted by Gasteiger charge is 2.19. The van der Waals surface area contributed by atoms with Crippen LogP contribution in [0.2, 0.25) is 0 Å². The van der Waals surface area contributed by atoms with Gasteiger partial charge in [0.15, 0.2) is 17.5 Å². The lowest BCUT2D eigenvalue weighted by Gasteiger charge is -2.11. The molecule has 9 heteroatoms. The molecule has 2 aromatic carbocycles. The molecule has 0 spiro atoms. The van der Waals surface area contributed by atoms with Crippen molar-refractivity contribution in [2.24, 2.45) is 0 Å². The van der Waals surface area contributed by atoms with E-state index in [0.29, 0.717) is 24.0 Å². The largest absolute Gasteiger partial charge is 0.497 e. The van der Waals surface area contributed by atoms with Crippen molar-refractivity contribution in [3.8, 4) is 11.5 Å². The predicted molar refractivity (Wildman–Crippen MR) is 94.9 cm³/mol. The Morgan fingerprint density at radius 2 is 1.71 bits per heavy atom. The summed E-state index contributed by atoms with van der Waals surface area (Å²) in [7, 11) is 3.06. The van der Waals surface area contributed by atoms with Gasteiger partial charge in [-0.15, -0.1) is 0 Å². The van der Waals surface area contributed by atoms with E-state index in [1.807, 2.05) is 0 Å². The summed E-state index contributed by atoms with van der Waals surface area (Å²) >= 11 is 0. The van der Waals surface area contributed by atoms with Gasteiger partial charge in [0.05, 0.1) is 26.3 Å². The molecule has 0 unspecified atom stereocenters. The highest BCUT2D eigenvalue weighted by molar-refractivity contribution is 5.96. The van der Waals surface area contributed by atoms with Crippen LogP contribution in [0, 0.1) is 17.5 Å². The smallest absolute Gasteiger partial charge is 0.254 e. The second-order valence-corrected chi connectivity index (χ2v) is 5.68. The molecule has 0 aliphatic heterocycles. The lowest BCUT2D eigenvalue weighted by molar-refractivity contribution is -0.120. The lowest BCUT2D eigenvalue weighted by Crippen LogP contribution is -2.38. The normalized spacial score (nSPS) is 10.3. The number of amides is 2. The fourth-order valence-electron chi connectivity index (χ4n) is 2.43. The minimum Gasteiger partial charge on any atom is -0.497 e. The monoisotopic (exact) mass is 396 g/mol. The molecule has 0 aliphatic carbocycles. The molecule has 0 radical (unpaired) electrons.